The normalized spacial score (nSPS) is 14.0. The minimum atomic E-state index is -0.543. The number of piperazine rings is 1. The molecular weight excluding hydrogens is 478 g/mol. The number of primary amides is 1. The van der Waals surface area contributed by atoms with E-state index < -0.39 is 5.91 Å². The van der Waals surface area contributed by atoms with Gasteiger partial charge in [0, 0.05) is 42.4 Å². The van der Waals surface area contributed by atoms with Gasteiger partial charge < -0.3 is 25.3 Å². The number of thiophene rings is 1. The number of nitrogens with one attached hydrogen (secondary N) is 1. The number of hydrogen-bond donors (Lipinski definition) is 2. The lowest BCUT2D eigenvalue weighted by molar-refractivity contribution is 0.0875. The summed E-state index contributed by atoms with van der Waals surface area (Å²) >= 11 is 1.60. The zero-order valence-electron chi connectivity index (χ0n) is 20.5. The fourth-order valence-electron chi connectivity index (χ4n) is 4.28. The highest BCUT2D eigenvalue weighted by atomic mass is 32.1. The van der Waals surface area contributed by atoms with Crippen LogP contribution in [0.3, 0.4) is 0 Å². The van der Waals surface area contributed by atoms with Crippen LogP contribution in [0.4, 0.5) is 10.5 Å². The summed E-state index contributed by atoms with van der Waals surface area (Å²) in [5.74, 6) is 0.140. The van der Waals surface area contributed by atoms with Crippen LogP contribution in [0, 0.1) is 6.92 Å². The first-order valence-electron chi connectivity index (χ1n) is 11.9. The Kier molecular flexibility index (Phi) is 8.07. The van der Waals surface area contributed by atoms with Crippen molar-refractivity contribution in [2.45, 2.75) is 20.4 Å². The second kappa shape index (κ2) is 11.4. The van der Waals surface area contributed by atoms with Gasteiger partial charge in [-0.25, -0.2) is 4.79 Å². The van der Waals surface area contributed by atoms with Crippen molar-refractivity contribution >= 4 is 34.7 Å². The lowest BCUT2D eigenvalue weighted by Crippen LogP contribution is -2.51. The molecule has 1 aliphatic heterocycles. The molecule has 0 unspecified atom stereocenters. The molecule has 10 heteroatoms. The van der Waals surface area contributed by atoms with Crippen molar-refractivity contribution in [2.75, 3.05) is 44.6 Å². The van der Waals surface area contributed by atoms with Gasteiger partial charge >= 0.3 is 6.03 Å². The lowest BCUT2D eigenvalue weighted by atomic mass is 10.2. The number of rotatable bonds is 9. The summed E-state index contributed by atoms with van der Waals surface area (Å²) in [5, 5.41) is 4.89. The van der Waals surface area contributed by atoms with Crippen molar-refractivity contribution in [3.05, 3.63) is 69.7 Å². The molecule has 9 nitrogen and oxygen atoms in total. The van der Waals surface area contributed by atoms with Gasteiger partial charge in [0.2, 0.25) is 0 Å². The summed E-state index contributed by atoms with van der Waals surface area (Å²) in [6.07, 6.45) is 0. The Morgan fingerprint density at radius 2 is 1.81 bits per heavy atom. The van der Waals surface area contributed by atoms with Crippen LogP contribution < -0.4 is 15.8 Å². The predicted molar refractivity (Wildman–Crippen MR) is 140 cm³/mol. The SMILES string of the molecule is CCOc1ccc(NC(=O)N2CCN(CC(=O)c3cc(C(N)=O)c(C)n3Cc3cccs3)CC2)cc1. The van der Waals surface area contributed by atoms with Crippen LogP contribution in [0.15, 0.2) is 47.8 Å². The molecule has 1 aliphatic rings. The third kappa shape index (κ3) is 5.95. The van der Waals surface area contributed by atoms with Crippen molar-refractivity contribution in [3.63, 3.8) is 0 Å². The standard InChI is InChI=1S/C26H31N5O4S/c1-3-35-20-8-6-19(7-9-20)28-26(34)30-12-10-29(11-13-30)17-24(32)23-15-22(25(27)33)18(2)31(23)16-21-5-4-14-36-21/h4-9,14-15H,3,10-13,16-17H2,1-2H3,(H2,27,33)(H,28,34). The lowest BCUT2D eigenvalue weighted by Gasteiger charge is -2.34. The minimum absolute atomic E-state index is 0.0746. The van der Waals surface area contributed by atoms with Crippen molar-refractivity contribution in [1.29, 1.82) is 0 Å². The van der Waals surface area contributed by atoms with Crippen LogP contribution in [0.25, 0.3) is 0 Å². The second-order valence-corrected chi connectivity index (χ2v) is 9.66. The van der Waals surface area contributed by atoms with Crippen molar-refractivity contribution in [1.82, 2.24) is 14.4 Å². The first-order chi connectivity index (χ1) is 17.4. The van der Waals surface area contributed by atoms with Crippen molar-refractivity contribution in [2.24, 2.45) is 5.73 Å². The van der Waals surface area contributed by atoms with Crippen LogP contribution in [0.1, 0.15) is 38.3 Å². The highest BCUT2D eigenvalue weighted by Crippen LogP contribution is 2.21. The van der Waals surface area contributed by atoms with Gasteiger partial charge in [0.05, 0.1) is 31.0 Å². The fraction of sp³-hybridized carbons (Fsp3) is 0.346. The number of urea groups is 1. The van der Waals surface area contributed by atoms with Crippen LogP contribution in [-0.4, -0.2) is 71.4 Å². The Labute approximate surface area is 214 Å². The molecule has 190 valence electrons. The molecule has 2 aromatic heterocycles. The van der Waals surface area contributed by atoms with Gasteiger partial charge in [-0.1, -0.05) is 6.07 Å². The molecule has 3 N–H and O–H groups in total. The average molecular weight is 510 g/mol. The number of nitrogens with zero attached hydrogens (tertiary/aromatic N) is 3. The second-order valence-electron chi connectivity index (χ2n) is 8.63. The summed E-state index contributed by atoms with van der Waals surface area (Å²) < 4.78 is 7.30. The van der Waals surface area contributed by atoms with Gasteiger partial charge in [-0.2, -0.15) is 0 Å². The number of benzene rings is 1. The predicted octanol–water partition coefficient (Wildman–Crippen LogP) is 3.44. The monoisotopic (exact) mass is 509 g/mol. The van der Waals surface area contributed by atoms with E-state index in [4.69, 9.17) is 10.5 Å². The molecule has 3 aromatic rings. The number of hydrogen-bond acceptors (Lipinski definition) is 6. The summed E-state index contributed by atoms with van der Waals surface area (Å²) in [6.45, 7) is 7.22. The van der Waals surface area contributed by atoms with Gasteiger partial charge in [-0.05, 0) is 55.6 Å². The molecule has 3 amide bonds. The zero-order valence-corrected chi connectivity index (χ0v) is 21.3. The quantitative estimate of drug-likeness (QED) is 0.430. The summed E-state index contributed by atoms with van der Waals surface area (Å²) in [5.41, 5.74) is 7.79. The maximum absolute atomic E-state index is 13.3. The molecule has 0 saturated carbocycles. The number of amides is 3. The molecule has 36 heavy (non-hydrogen) atoms. The first-order valence-corrected chi connectivity index (χ1v) is 12.8. The van der Waals surface area contributed by atoms with E-state index in [2.05, 4.69) is 5.32 Å². The fourth-order valence-corrected chi connectivity index (χ4v) is 4.98. The van der Waals surface area contributed by atoms with E-state index in [-0.39, 0.29) is 18.4 Å². The third-order valence-electron chi connectivity index (χ3n) is 6.26. The van der Waals surface area contributed by atoms with Crippen molar-refractivity contribution < 1.29 is 19.1 Å². The molecule has 0 spiro atoms. The highest BCUT2D eigenvalue weighted by Gasteiger charge is 2.26. The van der Waals surface area contributed by atoms with Crippen LogP contribution in [0.5, 0.6) is 5.75 Å². The molecule has 1 aromatic carbocycles. The molecule has 1 fully saturated rings. The van der Waals surface area contributed by atoms with Gasteiger partial charge in [0.25, 0.3) is 5.91 Å². The number of ketones is 1. The molecule has 4 rings (SSSR count). The number of anilines is 1. The Balaban J connectivity index is 1.35. The third-order valence-corrected chi connectivity index (χ3v) is 7.12. The average Bonchev–Trinajstić information content (AvgIpc) is 3.49. The summed E-state index contributed by atoms with van der Waals surface area (Å²) in [7, 11) is 0. The van der Waals surface area contributed by atoms with E-state index in [1.807, 2.05) is 65.1 Å². The number of aromatic nitrogens is 1. The zero-order chi connectivity index (χ0) is 25.7. The van der Waals surface area contributed by atoms with E-state index in [9.17, 15) is 14.4 Å². The van der Waals surface area contributed by atoms with E-state index in [1.54, 1.807) is 22.3 Å². The number of nitrogens with two attached hydrogens (primary N) is 1. The number of carbonyl (C=O) groups excluding carboxylic acids is 3. The van der Waals surface area contributed by atoms with Crippen molar-refractivity contribution in [3.8, 4) is 5.75 Å². The molecular formula is C26H31N5O4S. The number of ether oxygens (including phenoxy) is 1. The maximum Gasteiger partial charge on any atom is 0.321 e. The molecule has 0 atom stereocenters. The number of Topliss-reactive ketones (excluding diaryl/α,β-unsaturated/α-hetero) is 1. The Bertz CT molecular complexity index is 1210. The van der Waals surface area contributed by atoms with Gasteiger partial charge in [-0.15, -0.1) is 11.3 Å². The minimum Gasteiger partial charge on any atom is -0.494 e. The summed E-state index contributed by atoms with van der Waals surface area (Å²) in [4.78, 5) is 42.7. The topological polar surface area (TPSA) is 110 Å². The molecule has 0 aliphatic carbocycles. The molecule has 3 heterocycles. The first kappa shape index (κ1) is 25.5. The highest BCUT2D eigenvalue weighted by molar-refractivity contribution is 7.09. The smallest absolute Gasteiger partial charge is 0.321 e. The Morgan fingerprint density at radius 3 is 2.42 bits per heavy atom. The Hall–Kier alpha value is -3.63. The van der Waals surface area contributed by atoms with E-state index in [0.717, 1.165) is 10.6 Å². The Morgan fingerprint density at radius 1 is 1.08 bits per heavy atom. The van der Waals surface area contributed by atoms with Crippen LogP contribution >= 0.6 is 11.3 Å². The van der Waals surface area contributed by atoms with E-state index in [0.29, 0.717) is 62.0 Å². The van der Waals surface area contributed by atoms with E-state index in [1.165, 1.54) is 0 Å². The van der Waals surface area contributed by atoms with E-state index >= 15 is 0 Å². The van der Waals surface area contributed by atoms with Crippen LogP contribution in [0.2, 0.25) is 0 Å². The molecule has 0 bridgehead atoms. The van der Waals surface area contributed by atoms with Gasteiger partial charge in [-0.3, -0.25) is 14.5 Å². The number of carbonyl (C=O) groups is 3. The summed E-state index contributed by atoms with van der Waals surface area (Å²) in [6, 6.07) is 12.7. The molecule has 0 radical (unpaired) electrons. The van der Waals surface area contributed by atoms with Crippen LogP contribution in [-0.2, 0) is 6.54 Å². The molecule has 1 saturated heterocycles. The maximum atomic E-state index is 13.3. The van der Waals surface area contributed by atoms with Gasteiger partial charge in [0.15, 0.2) is 5.78 Å². The van der Waals surface area contributed by atoms with Gasteiger partial charge in [0.1, 0.15) is 5.75 Å². The largest absolute Gasteiger partial charge is 0.494 e.